The number of carbonyl (C=O) groups is 1. The summed E-state index contributed by atoms with van der Waals surface area (Å²) in [5.41, 5.74) is 6.16. The Kier molecular flexibility index (Phi) is 4.35. The lowest BCUT2D eigenvalue weighted by atomic mass is 10.2. The van der Waals surface area contributed by atoms with E-state index in [0.29, 0.717) is 12.2 Å². The van der Waals surface area contributed by atoms with Crippen molar-refractivity contribution in [3.05, 3.63) is 22.4 Å². The van der Waals surface area contributed by atoms with E-state index < -0.39 is 0 Å². The lowest BCUT2D eigenvalue weighted by molar-refractivity contribution is 0.0929. The van der Waals surface area contributed by atoms with Crippen LogP contribution in [-0.4, -0.2) is 23.1 Å². The molecule has 0 aliphatic heterocycles. The molecule has 0 spiro atoms. The minimum Gasteiger partial charge on any atom is -0.347 e. The molecule has 5 heteroatoms. The number of aromatic nitrogens is 1. The first kappa shape index (κ1) is 12.3. The highest BCUT2D eigenvalue weighted by atomic mass is 79.9. The maximum atomic E-state index is 11.8. The molecule has 0 saturated heterocycles. The third-order valence-electron chi connectivity index (χ3n) is 2.32. The Morgan fingerprint density at radius 1 is 1.73 bits per heavy atom. The zero-order chi connectivity index (χ0) is 11.4. The quantitative estimate of drug-likeness (QED) is 0.868. The number of nitrogens with two attached hydrogens (primary N) is 1. The van der Waals surface area contributed by atoms with Crippen LogP contribution in [0.1, 0.15) is 23.8 Å². The molecule has 1 unspecified atom stereocenters. The van der Waals surface area contributed by atoms with Crippen LogP contribution in [0.3, 0.4) is 0 Å². The highest BCUT2D eigenvalue weighted by molar-refractivity contribution is 9.10. The molecule has 1 heterocycles. The number of aryl methyl sites for hydroxylation is 1. The van der Waals surface area contributed by atoms with Crippen LogP contribution in [-0.2, 0) is 7.05 Å². The predicted molar refractivity (Wildman–Crippen MR) is 63.7 cm³/mol. The number of nitrogens with one attached hydrogen (secondary N) is 1. The second-order valence-corrected chi connectivity index (χ2v) is 4.38. The Hall–Kier alpha value is -0.810. The summed E-state index contributed by atoms with van der Waals surface area (Å²) in [6, 6.07) is 1.84. The Morgan fingerprint density at radius 2 is 2.40 bits per heavy atom. The number of nitrogens with zero attached hydrogens (tertiary/aromatic N) is 1. The van der Waals surface area contributed by atoms with E-state index in [-0.39, 0.29) is 11.9 Å². The number of carbonyl (C=O) groups excluding carboxylic acids is 1. The van der Waals surface area contributed by atoms with Gasteiger partial charge in [-0.1, -0.05) is 6.92 Å². The molecule has 1 aromatic rings. The van der Waals surface area contributed by atoms with Crippen LogP contribution in [0.25, 0.3) is 0 Å². The summed E-state index contributed by atoms with van der Waals surface area (Å²) in [5.74, 6) is -0.0829. The fourth-order valence-electron chi connectivity index (χ4n) is 1.34. The van der Waals surface area contributed by atoms with Crippen LogP contribution < -0.4 is 11.1 Å². The third kappa shape index (κ3) is 3.07. The maximum Gasteiger partial charge on any atom is 0.268 e. The molecule has 0 bridgehead atoms. The fourth-order valence-corrected chi connectivity index (χ4v) is 1.86. The lowest BCUT2D eigenvalue weighted by Crippen LogP contribution is -2.40. The topological polar surface area (TPSA) is 60.0 Å². The van der Waals surface area contributed by atoms with Gasteiger partial charge >= 0.3 is 0 Å². The second kappa shape index (κ2) is 5.32. The van der Waals surface area contributed by atoms with Gasteiger partial charge in [-0.3, -0.25) is 4.79 Å². The van der Waals surface area contributed by atoms with Gasteiger partial charge in [-0.2, -0.15) is 0 Å². The van der Waals surface area contributed by atoms with Gasteiger partial charge < -0.3 is 15.6 Å². The average molecular weight is 274 g/mol. The molecule has 3 N–H and O–H groups in total. The summed E-state index contributed by atoms with van der Waals surface area (Å²) in [6.07, 6.45) is 2.69. The Labute approximate surface area is 98.0 Å². The molecule has 1 amide bonds. The molecular weight excluding hydrogens is 258 g/mol. The summed E-state index contributed by atoms with van der Waals surface area (Å²) in [5, 5.41) is 2.88. The highest BCUT2D eigenvalue weighted by Crippen LogP contribution is 2.13. The Balaban J connectivity index is 2.72. The normalized spacial score (nSPS) is 12.5. The van der Waals surface area contributed by atoms with E-state index in [1.54, 1.807) is 10.6 Å². The molecule has 4 nitrogen and oxygen atoms in total. The number of hydrogen-bond donors (Lipinski definition) is 2. The van der Waals surface area contributed by atoms with Gasteiger partial charge in [0, 0.05) is 30.3 Å². The SMILES string of the molecule is CCC(CN)NC(=O)c1cc(Br)cn1C. The number of hydrogen-bond acceptors (Lipinski definition) is 2. The van der Waals surface area contributed by atoms with Crippen LogP contribution in [0.5, 0.6) is 0 Å². The van der Waals surface area contributed by atoms with Gasteiger partial charge in [0.15, 0.2) is 0 Å². The van der Waals surface area contributed by atoms with Gasteiger partial charge in [0.2, 0.25) is 0 Å². The van der Waals surface area contributed by atoms with Crippen molar-refractivity contribution in [2.24, 2.45) is 12.8 Å². The van der Waals surface area contributed by atoms with E-state index in [1.807, 2.05) is 20.2 Å². The molecule has 0 radical (unpaired) electrons. The molecule has 0 aliphatic carbocycles. The number of amides is 1. The Bertz CT molecular complexity index is 344. The van der Waals surface area contributed by atoms with Crippen LogP contribution in [0, 0.1) is 0 Å². The highest BCUT2D eigenvalue weighted by Gasteiger charge is 2.13. The van der Waals surface area contributed by atoms with Crippen LogP contribution >= 0.6 is 15.9 Å². The molecule has 84 valence electrons. The summed E-state index contributed by atoms with van der Waals surface area (Å²) >= 11 is 3.33. The van der Waals surface area contributed by atoms with E-state index in [2.05, 4.69) is 21.2 Å². The van der Waals surface area contributed by atoms with E-state index in [1.165, 1.54) is 0 Å². The first-order valence-corrected chi connectivity index (χ1v) is 5.70. The summed E-state index contributed by atoms with van der Waals surface area (Å²) in [6.45, 7) is 2.46. The number of halogens is 1. The van der Waals surface area contributed by atoms with Gasteiger partial charge in [0.05, 0.1) is 0 Å². The van der Waals surface area contributed by atoms with Crippen molar-refractivity contribution in [3.63, 3.8) is 0 Å². The summed E-state index contributed by atoms with van der Waals surface area (Å²) < 4.78 is 2.68. The van der Waals surface area contributed by atoms with Crippen molar-refractivity contribution in [1.82, 2.24) is 9.88 Å². The molecule has 15 heavy (non-hydrogen) atoms. The summed E-state index contributed by atoms with van der Waals surface area (Å²) in [4.78, 5) is 11.8. The minimum atomic E-state index is -0.0829. The van der Waals surface area contributed by atoms with Gasteiger partial charge in [-0.05, 0) is 28.4 Å². The average Bonchev–Trinajstić information content (AvgIpc) is 2.54. The molecule has 1 atom stereocenters. The zero-order valence-corrected chi connectivity index (χ0v) is 10.5. The van der Waals surface area contributed by atoms with Gasteiger partial charge in [-0.15, -0.1) is 0 Å². The van der Waals surface area contributed by atoms with E-state index in [0.717, 1.165) is 10.9 Å². The van der Waals surface area contributed by atoms with Crippen molar-refractivity contribution in [2.45, 2.75) is 19.4 Å². The molecule has 0 saturated carbocycles. The standard InChI is InChI=1S/C10H16BrN3O/c1-3-8(5-12)13-10(15)9-4-7(11)6-14(9)2/h4,6,8H,3,5,12H2,1-2H3,(H,13,15). The van der Waals surface area contributed by atoms with Gasteiger partial charge in [0.1, 0.15) is 5.69 Å². The molecule has 1 aromatic heterocycles. The van der Waals surface area contributed by atoms with Crippen molar-refractivity contribution in [1.29, 1.82) is 0 Å². The van der Waals surface area contributed by atoms with Crippen LogP contribution in [0.15, 0.2) is 16.7 Å². The van der Waals surface area contributed by atoms with Crippen molar-refractivity contribution in [2.75, 3.05) is 6.54 Å². The van der Waals surface area contributed by atoms with Crippen LogP contribution in [0.2, 0.25) is 0 Å². The zero-order valence-electron chi connectivity index (χ0n) is 8.96. The molecule has 0 aromatic carbocycles. The van der Waals surface area contributed by atoms with Crippen molar-refractivity contribution >= 4 is 21.8 Å². The molecule has 1 rings (SSSR count). The van der Waals surface area contributed by atoms with E-state index >= 15 is 0 Å². The smallest absolute Gasteiger partial charge is 0.268 e. The summed E-state index contributed by atoms with van der Waals surface area (Å²) in [7, 11) is 1.84. The first-order chi connectivity index (χ1) is 7.08. The van der Waals surface area contributed by atoms with Gasteiger partial charge in [0.25, 0.3) is 5.91 Å². The van der Waals surface area contributed by atoms with E-state index in [4.69, 9.17) is 5.73 Å². The first-order valence-electron chi connectivity index (χ1n) is 4.91. The third-order valence-corrected chi connectivity index (χ3v) is 2.75. The second-order valence-electron chi connectivity index (χ2n) is 3.47. The van der Waals surface area contributed by atoms with Crippen LogP contribution in [0.4, 0.5) is 0 Å². The lowest BCUT2D eigenvalue weighted by Gasteiger charge is -2.14. The van der Waals surface area contributed by atoms with Crippen molar-refractivity contribution in [3.8, 4) is 0 Å². The van der Waals surface area contributed by atoms with Crippen molar-refractivity contribution < 1.29 is 4.79 Å². The van der Waals surface area contributed by atoms with Gasteiger partial charge in [-0.25, -0.2) is 0 Å². The maximum absolute atomic E-state index is 11.8. The fraction of sp³-hybridized carbons (Fsp3) is 0.500. The monoisotopic (exact) mass is 273 g/mol. The Morgan fingerprint density at radius 3 is 2.80 bits per heavy atom. The molecule has 0 aliphatic rings. The molecule has 0 fully saturated rings. The minimum absolute atomic E-state index is 0.0474. The number of rotatable bonds is 4. The largest absolute Gasteiger partial charge is 0.347 e. The van der Waals surface area contributed by atoms with E-state index in [9.17, 15) is 4.79 Å². The molecular formula is C10H16BrN3O. The predicted octanol–water partition coefficient (Wildman–Crippen LogP) is 1.25.